The zero-order valence-electron chi connectivity index (χ0n) is 13.8. The minimum Gasteiger partial charge on any atom is -0.337 e. The Balaban J connectivity index is 1.53. The second kappa shape index (κ2) is 6.55. The molecule has 2 aromatic heterocycles. The van der Waals surface area contributed by atoms with Gasteiger partial charge in [0.25, 0.3) is 5.91 Å². The zero-order chi connectivity index (χ0) is 17.2. The lowest BCUT2D eigenvalue weighted by molar-refractivity contribution is 0.0672. The van der Waals surface area contributed by atoms with E-state index in [0.29, 0.717) is 24.3 Å². The number of aromatic nitrogens is 3. The summed E-state index contributed by atoms with van der Waals surface area (Å²) in [6, 6.07) is 10.4. The first-order valence-corrected chi connectivity index (χ1v) is 8.43. The third kappa shape index (κ3) is 3.07. The van der Waals surface area contributed by atoms with E-state index in [9.17, 15) is 9.18 Å². The summed E-state index contributed by atoms with van der Waals surface area (Å²) in [7, 11) is 0. The summed E-state index contributed by atoms with van der Waals surface area (Å²) >= 11 is 0. The molecule has 0 bridgehead atoms. The van der Waals surface area contributed by atoms with E-state index in [1.54, 1.807) is 40.2 Å². The molecule has 1 aliphatic rings. The molecule has 0 saturated carbocycles. The minimum atomic E-state index is -0.400. The molecular formula is C19H19FN4O. The molecule has 0 N–H and O–H groups in total. The number of carbonyl (C=O) groups is 1. The second-order valence-corrected chi connectivity index (χ2v) is 6.29. The van der Waals surface area contributed by atoms with E-state index in [4.69, 9.17) is 0 Å². The molecule has 3 aromatic rings. The van der Waals surface area contributed by atoms with Gasteiger partial charge in [-0.25, -0.2) is 4.39 Å². The van der Waals surface area contributed by atoms with Crippen molar-refractivity contribution in [1.82, 2.24) is 19.2 Å². The molecule has 6 heteroatoms. The number of nitrogens with zero attached hydrogens (tertiary/aromatic N) is 4. The first kappa shape index (κ1) is 15.6. The van der Waals surface area contributed by atoms with Crippen LogP contribution >= 0.6 is 0 Å². The number of piperidine rings is 1. The number of hydrogen-bond acceptors (Lipinski definition) is 2. The average Bonchev–Trinajstić information content (AvgIpc) is 3.35. The molecule has 0 spiro atoms. The Morgan fingerprint density at radius 1 is 1.16 bits per heavy atom. The molecular weight excluding hydrogens is 319 g/mol. The first-order chi connectivity index (χ1) is 12.2. The summed E-state index contributed by atoms with van der Waals surface area (Å²) in [4.78, 5) is 14.6. The second-order valence-electron chi connectivity index (χ2n) is 6.29. The van der Waals surface area contributed by atoms with Crippen LogP contribution in [-0.2, 0) is 0 Å². The van der Waals surface area contributed by atoms with Gasteiger partial charge in [0.15, 0.2) is 0 Å². The molecule has 1 saturated heterocycles. The number of halogens is 1. The van der Waals surface area contributed by atoms with Gasteiger partial charge in [0.05, 0.1) is 11.7 Å². The lowest BCUT2D eigenvalue weighted by Crippen LogP contribution is -2.40. The van der Waals surface area contributed by atoms with Crippen LogP contribution in [0.2, 0.25) is 0 Å². The summed E-state index contributed by atoms with van der Waals surface area (Å²) in [6.45, 7) is 1.29. The smallest absolute Gasteiger partial charge is 0.254 e. The highest BCUT2D eigenvalue weighted by molar-refractivity contribution is 5.94. The molecule has 3 heterocycles. The topological polar surface area (TPSA) is 43.1 Å². The monoisotopic (exact) mass is 338 g/mol. The number of likely N-dealkylation sites (tertiary alicyclic amines) is 1. The minimum absolute atomic E-state index is 0.130. The highest BCUT2D eigenvalue weighted by atomic mass is 19.1. The molecule has 1 amide bonds. The number of benzene rings is 1. The lowest BCUT2D eigenvalue weighted by Gasteiger charge is -2.33. The largest absolute Gasteiger partial charge is 0.337 e. The average molecular weight is 338 g/mol. The lowest BCUT2D eigenvalue weighted by atomic mass is 10.0. The fourth-order valence-electron chi connectivity index (χ4n) is 3.38. The standard InChI is InChI=1S/C19H19FN4O/c20-17-13-15(6-7-18(17)22-9-1-2-10-22)19(25)23-11-3-5-16(14-23)24-12-4-8-21-24/h1-2,4,6-10,12-13,16H,3,5,11,14H2. The summed E-state index contributed by atoms with van der Waals surface area (Å²) in [5.74, 6) is -0.530. The van der Waals surface area contributed by atoms with Crippen LogP contribution in [0.15, 0.2) is 61.2 Å². The van der Waals surface area contributed by atoms with Crippen molar-refractivity contribution in [3.63, 3.8) is 0 Å². The molecule has 128 valence electrons. The van der Waals surface area contributed by atoms with E-state index < -0.39 is 5.82 Å². The van der Waals surface area contributed by atoms with Gasteiger partial charge in [-0.05, 0) is 49.2 Å². The maximum absolute atomic E-state index is 14.4. The van der Waals surface area contributed by atoms with Crippen molar-refractivity contribution < 1.29 is 9.18 Å². The van der Waals surface area contributed by atoms with Gasteiger partial charge in [-0.1, -0.05) is 0 Å². The Hall–Kier alpha value is -2.89. The molecule has 25 heavy (non-hydrogen) atoms. The van der Waals surface area contributed by atoms with Gasteiger partial charge in [-0.2, -0.15) is 5.10 Å². The summed E-state index contributed by atoms with van der Waals surface area (Å²) in [5, 5.41) is 4.28. The fourth-order valence-corrected chi connectivity index (χ4v) is 3.38. The van der Waals surface area contributed by atoms with Gasteiger partial charge in [-0.15, -0.1) is 0 Å². The molecule has 4 rings (SSSR count). The van der Waals surface area contributed by atoms with Crippen molar-refractivity contribution in [3.8, 4) is 5.69 Å². The molecule has 0 aliphatic carbocycles. The van der Waals surface area contributed by atoms with E-state index in [1.165, 1.54) is 6.07 Å². The van der Waals surface area contributed by atoms with Crippen LogP contribution in [0.5, 0.6) is 0 Å². The Labute approximate surface area is 145 Å². The van der Waals surface area contributed by atoms with Crippen molar-refractivity contribution in [3.05, 3.63) is 72.6 Å². The van der Waals surface area contributed by atoms with Crippen LogP contribution < -0.4 is 0 Å². The number of carbonyl (C=O) groups excluding carboxylic acids is 1. The van der Waals surface area contributed by atoms with E-state index in [0.717, 1.165) is 12.8 Å². The molecule has 1 unspecified atom stereocenters. The number of hydrogen-bond donors (Lipinski definition) is 0. The first-order valence-electron chi connectivity index (χ1n) is 8.43. The van der Waals surface area contributed by atoms with Crippen molar-refractivity contribution in [2.45, 2.75) is 18.9 Å². The van der Waals surface area contributed by atoms with Gasteiger partial charge in [-0.3, -0.25) is 9.48 Å². The summed E-state index contributed by atoms with van der Waals surface area (Å²) < 4.78 is 18.0. The van der Waals surface area contributed by atoms with Gasteiger partial charge in [0.1, 0.15) is 5.82 Å². The van der Waals surface area contributed by atoms with Crippen LogP contribution in [0.4, 0.5) is 4.39 Å². The summed E-state index contributed by atoms with van der Waals surface area (Å²) in [6.07, 6.45) is 9.13. The van der Waals surface area contributed by atoms with Gasteiger partial charge in [0.2, 0.25) is 0 Å². The van der Waals surface area contributed by atoms with Crippen LogP contribution in [0.3, 0.4) is 0 Å². The van der Waals surface area contributed by atoms with E-state index in [1.807, 2.05) is 29.1 Å². The summed E-state index contributed by atoms with van der Waals surface area (Å²) in [5.41, 5.74) is 0.823. The highest BCUT2D eigenvalue weighted by Crippen LogP contribution is 2.23. The third-order valence-corrected chi connectivity index (χ3v) is 4.66. The quantitative estimate of drug-likeness (QED) is 0.735. The number of rotatable bonds is 3. The van der Waals surface area contributed by atoms with E-state index >= 15 is 0 Å². The van der Waals surface area contributed by atoms with Gasteiger partial charge >= 0.3 is 0 Å². The SMILES string of the molecule is O=C(c1ccc(-n2cccc2)c(F)c1)N1CCCC(n2cccn2)C1. The van der Waals surface area contributed by atoms with Crippen molar-refractivity contribution >= 4 is 5.91 Å². The van der Waals surface area contributed by atoms with Crippen LogP contribution in [0.25, 0.3) is 5.69 Å². The zero-order valence-corrected chi connectivity index (χ0v) is 13.8. The van der Waals surface area contributed by atoms with Gasteiger partial charge < -0.3 is 9.47 Å². The Bertz CT molecular complexity index is 858. The Kier molecular flexibility index (Phi) is 4.09. The van der Waals surface area contributed by atoms with Crippen molar-refractivity contribution in [2.75, 3.05) is 13.1 Å². The predicted octanol–water partition coefficient (Wildman–Crippen LogP) is 3.29. The normalized spacial score (nSPS) is 17.6. The van der Waals surface area contributed by atoms with Crippen LogP contribution in [0, 0.1) is 5.82 Å². The van der Waals surface area contributed by atoms with E-state index in [-0.39, 0.29) is 11.9 Å². The maximum atomic E-state index is 14.4. The molecule has 5 nitrogen and oxygen atoms in total. The number of amides is 1. The van der Waals surface area contributed by atoms with Gasteiger partial charge in [0, 0.05) is 43.4 Å². The maximum Gasteiger partial charge on any atom is 0.254 e. The highest BCUT2D eigenvalue weighted by Gasteiger charge is 2.26. The molecule has 1 atom stereocenters. The third-order valence-electron chi connectivity index (χ3n) is 4.66. The van der Waals surface area contributed by atoms with Crippen molar-refractivity contribution in [1.29, 1.82) is 0 Å². The van der Waals surface area contributed by atoms with Crippen molar-refractivity contribution in [2.24, 2.45) is 0 Å². The Morgan fingerprint density at radius 3 is 2.72 bits per heavy atom. The fraction of sp³-hybridized carbons (Fsp3) is 0.263. The predicted molar refractivity (Wildman–Crippen MR) is 92.1 cm³/mol. The molecule has 1 fully saturated rings. The molecule has 1 aromatic carbocycles. The van der Waals surface area contributed by atoms with E-state index in [2.05, 4.69) is 5.10 Å². The molecule has 0 radical (unpaired) electrons. The van der Waals surface area contributed by atoms with Crippen LogP contribution in [-0.4, -0.2) is 38.2 Å². The van der Waals surface area contributed by atoms with Crippen LogP contribution in [0.1, 0.15) is 29.2 Å². The molecule has 1 aliphatic heterocycles. The Morgan fingerprint density at radius 2 is 2.00 bits per heavy atom.